The van der Waals surface area contributed by atoms with Crippen molar-refractivity contribution in [2.75, 3.05) is 36.1 Å². The molecule has 4 saturated heterocycles. The van der Waals surface area contributed by atoms with Crippen LogP contribution in [0.3, 0.4) is 0 Å². The number of nitrogens with zero attached hydrogens (tertiary/aromatic N) is 12. The van der Waals surface area contributed by atoms with Gasteiger partial charge in [0.25, 0.3) is 11.1 Å². The number of nitrogens with two attached hydrogens (primary N) is 4. The summed E-state index contributed by atoms with van der Waals surface area (Å²) in [5.41, 5.74) is 19.4. The van der Waals surface area contributed by atoms with Crippen LogP contribution in [0.5, 0.6) is 0 Å². The number of ether oxygens (including phenoxy) is 4. The summed E-state index contributed by atoms with van der Waals surface area (Å²) < 4.78 is 56.4. The smallest absolute Gasteiger partial charge is 0.394 e. The molecule has 4 aliphatic rings. The lowest BCUT2D eigenvalue weighted by atomic mass is 9.89. The molecule has 10 heterocycles. The number of nitrogen functional groups attached to an aromatic ring is 4. The van der Waals surface area contributed by atoms with Crippen LogP contribution in [0.2, 0.25) is 0 Å². The van der Waals surface area contributed by atoms with Crippen LogP contribution in [-0.4, -0.2) is 155 Å². The van der Waals surface area contributed by atoms with Gasteiger partial charge in [-0.05, 0) is 0 Å². The zero-order chi connectivity index (χ0) is 50.2. The van der Waals surface area contributed by atoms with Gasteiger partial charge in [-0.2, -0.15) is 19.9 Å². The quantitative estimate of drug-likeness (QED) is 0.0455. The first-order chi connectivity index (χ1) is 33.9. The summed E-state index contributed by atoms with van der Waals surface area (Å²) in [6.07, 6.45) is -13.9. The molecule has 34 nitrogen and oxygen atoms in total. The number of phosphoric acid groups is 1. The SMILES string of the molecule is Nc1ncn(C2CC(C(OP(=O)(O)OC(C3CC(n4cnc(N)nc4=O)OC3CO)[C@H]3O[C@@H](n4cnc5c(=O)[nH]c(N)nc54)C[C@H]3O)[C@H]3O[C@@H](n4cnc5c(=O)[nH]c(N)nc54)C[C@H]3O)C(CO)O2)c(=O)n1. The third-order valence-corrected chi connectivity index (χ3v) is 13.9. The molecule has 0 aliphatic carbocycles. The maximum atomic E-state index is 15.0. The van der Waals surface area contributed by atoms with Gasteiger partial charge in [0.05, 0.1) is 50.3 Å². The Morgan fingerprint density at radius 2 is 0.986 bits per heavy atom. The molecule has 15 N–H and O–H groups in total. The number of aromatic nitrogens is 14. The Morgan fingerprint density at radius 1 is 0.606 bits per heavy atom. The van der Waals surface area contributed by atoms with Gasteiger partial charge in [-0.25, -0.2) is 34.1 Å². The molecule has 6 aromatic heterocycles. The standard InChI is InChI=1S/C36H45N18O16P/c37-31-43-9-53(35(61)49-31)17-1-11(15(5-55)65-17)23(25-13(57)3-19(67-25)51-7-41-21-27(51)45-33(39)47-29(21)59)69-71(63,64)70-24(12-2-18(66-16(12)6-56)54-10-44-32(38)50-36(54)62)26-14(58)4-20(68-26)52-8-42-22-28(52)46-34(40)48-30(22)60/h7-20,23-26,55-58H,1-6H2,(H,63,64)(H2,37,49,61)(H2,38,50,62)(H3,39,45,47,59)(H3,40,46,48,60)/t11?,12?,13-,14-,15?,16?,17?,18?,19-,20-,23?,24?,25+,26+/m1/s1. The van der Waals surface area contributed by atoms with Crippen LogP contribution in [0.4, 0.5) is 23.8 Å². The Bertz CT molecular complexity index is 3060. The van der Waals surface area contributed by atoms with Gasteiger partial charge in [0.15, 0.2) is 22.3 Å². The van der Waals surface area contributed by atoms with Crippen LogP contribution in [-0.2, 0) is 32.6 Å². The van der Waals surface area contributed by atoms with Crippen LogP contribution in [0.25, 0.3) is 22.3 Å². The molecule has 4 aliphatic heterocycles. The first-order valence-electron chi connectivity index (χ1n) is 21.7. The summed E-state index contributed by atoms with van der Waals surface area (Å²) in [5, 5.41) is 45.0. The van der Waals surface area contributed by atoms with E-state index in [1.165, 1.54) is 21.8 Å². The number of nitrogens with one attached hydrogen (secondary N) is 2. The lowest BCUT2D eigenvalue weighted by molar-refractivity contribution is -0.131. The molecule has 8 unspecified atom stereocenters. The van der Waals surface area contributed by atoms with E-state index in [1.807, 2.05) is 0 Å². The average Bonchev–Trinajstić information content (AvgIpc) is 4.18. The van der Waals surface area contributed by atoms with Crippen molar-refractivity contribution in [1.29, 1.82) is 0 Å². The molecule has 35 heteroatoms. The summed E-state index contributed by atoms with van der Waals surface area (Å²) >= 11 is 0. The highest BCUT2D eigenvalue weighted by Crippen LogP contribution is 2.55. The summed E-state index contributed by atoms with van der Waals surface area (Å²) in [7, 11) is -5.68. The Labute approximate surface area is 393 Å². The average molecular weight is 1020 g/mol. The zero-order valence-corrected chi connectivity index (χ0v) is 37.4. The minimum Gasteiger partial charge on any atom is -0.394 e. The van der Waals surface area contributed by atoms with Crippen LogP contribution in [0.15, 0.2) is 44.5 Å². The highest BCUT2D eigenvalue weighted by Gasteiger charge is 2.56. The molecule has 0 amide bonds. The van der Waals surface area contributed by atoms with Crippen molar-refractivity contribution < 1.29 is 57.9 Å². The molecular weight excluding hydrogens is 971 g/mol. The molecule has 14 atom stereocenters. The molecule has 0 spiro atoms. The van der Waals surface area contributed by atoms with Crippen molar-refractivity contribution in [2.24, 2.45) is 11.8 Å². The van der Waals surface area contributed by atoms with E-state index in [0.29, 0.717) is 0 Å². The predicted molar refractivity (Wildman–Crippen MR) is 233 cm³/mol. The first kappa shape index (κ1) is 48.0. The van der Waals surface area contributed by atoms with Gasteiger partial charge in [0, 0.05) is 37.5 Å². The molecule has 71 heavy (non-hydrogen) atoms. The van der Waals surface area contributed by atoms with Crippen molar-refractivity contribution in [3.8, 4) is 0 Å². The van der Waals surface area contributed by atoms with E-state index in [2.05, 4.69) is 49.8 Å². The van der Waals surface area contributed by atoms with Crippen molar-refractivity contribution in [1.82, 2.24) is 68.1 Å². The lowest BCUT2D eigenvalue weighted by Crippen LogP contribution is -2.47. The first-order valence-corrected chi connectivity index (χ1v) is 23.1. The summed E-state index contributed by atoms with van der Waals surface area (Å²) in [6.45, 7) is -1.55. The third-order valence-electron chi connectivity index (χ3n) is 12.8. The maximum absolute atomic E-state index is 15.0. The number of rotatable bonds is 14. The van der Waals surface area contributed by atoms with Gasteiger partial charge >= 0.3 is 19.2 Å². The van der Waals surface area contributed by atoms with Gasteiger partial charge in [0.2, 0.25) is 23.8 Å². The number of phosphoric ester groups is 1. The second-order valence-electron chi connectivity index (χ2n) is 17.1. The fourth-order valence-electron chi connectivity index (χ4n) is 9.69. The van der Waals surface area contributed by atoms with Crippen LogP contribution in [0, 0.1) is 11.8 Å². The topological polar surface area (TPSA) is 500 Å². The second-order valence-corrected chi connectivity index (χ2v) is 18.5. The van der Waals surface area contributed by atoms with E-state index < -0.39 is 129 Å². The fourth-order valence-corrected chi connectivity index (χ4v) is 10.9. The minimum absolute atomic E-state index is 0.0349. The zero-order valence-electron chi connectivity index (χ0n) is 36.5. The molecule has 0 saturated carbocycles. The molecule has 0 aromatic carbocycles. The molecule has 4 fully saturated rings. The second kappa shape index (κ2) is 18.5. The predicted octanol–water partition coefficient (Wildman–Crippen LogP) is -5.16. The van der Waals surface area contributed by atoms with Gasteiger partial charge < -0.3 is 67.2 Å². The highest BCUT2D eigenvalue weighted by molar-refractivity contribution is 7.47. The molecule has 10 rings (SSSR count). The van der Waals surface area contributed by atoms with E-state index in [4.69, 9.17) is 50.9 Å². The Hall–Kier alpha value is -6.69. The van der Waals surface area contributed by atoms with E-state index in [1.54, 1.807) is 0 Å². The normalized spacial score (nSPS) is 30.6. The van der Waals surface area contributed by atoms with Crippen molar-refractivity contribution in [3.05, 3.63) is 67.0 Å². The van der Waals surface area contributed by atoms with Gasteiger partial charge in [-0.3, -0.25) is 46.9 Å². The fraction of sp³-hybridized carbons (Fsp3) is 0.556. The number of fused-ring (bicyclic) bond motifs is 2. The Morgan fingerprint density at radius 3 is 1.37 bits per heavy atom. The van der Waals surface area contributed by atoms with Gasteiger partial charge in [0.1, 0.15) is 62.0 Å². The van der Waals surface area contributed by atoms with Crippen LogP contribution < -0.4 is 45.4 Å². The Balaban J connectivity index is 1.02. The largest absolute Gasteiger partial charge is 0.472 e. The summed E-state index contributed by atoms with van der Waals surface area (Å²) in [5.74, 6) is -3.68. The number of H-pyrrole nitrogens is 2. The molecule has 6 aromatic rings. The monoisotopic (exact) mass is 1020 g/mol. The van der Waals surface area contributed by atoms with Crippen LogP contribution in [0.1, 0.15) is 50.6 Å². The molecule has 380 valence electrons. The van der Waals surface area contributed by atoms with E-state index in [9.17, 15) is 49.1 Å². The number of hydrogen-bond acceptors (Lipinski definition) is 27. The number of aliphatic hydroxyl groups is 4. The molecular formula is C36H45N18O16P. The molecule has 0 radical (unpaired) electrons. The third kappa shape index (κ3) is 8.92. The Kier molecular flexibility index (Phi) is 12.5. The van der Waals surface area contributed by atoms with Gasteiger partial charge in [-0.1, -0.05) is 0 Å². The van der Waals surface area contributed by atoms with Gasteiger partial charge in [-0.15, -0.1) is 0 Å². The highest BCUT2D eigenvalue weighted by atomic mass is 31.2. The number of imidazole rings is 2. The molecule has 0 bridgehead atoms. The van der Waals surface area contributed by atoms with Crippen molar-refractivity contribution in [3.63, 3.8) is 0 Å². The number of aliphatic hydroxyl groups excluding tert-OH is 4. The van der Waals surface area contributed by atoms with Crippen LogP contribution >= 0.6 is 7.82 Å². The van der Waals surface area contributed by atoms with E-state index in [0.717, 1.165) is 21.8 Å². The number of anilines is 4. The van der Waals surface area contributed by atoms with Crippen molar-refractivity contribution >= 4 is 53.9 Å². The number of aromatic amines is 2. The van der Waals surface area contributed by atoms with Crippen molar-refractivity contribution in [2.45, 2.75) is 99.4 Å². The summed E-state index contributed by atoms with van der Waals surface area (Å²) in [4.78, 5) is 99.5. The van der Waals surface area contributed by atoms with E-state index in [-0.39, 0.29) is 71.8 Å². The lowest BCUT2D eigenvalue weighted by Gasteiger charge is -2.36. The minimum atomic E-state index is -5.68. The summed E-state index contributed by atoms with van der Waals surface area (Å²) in [6, 6.07) is 0. The maximum Gasteiger partial charge on any atom is 0.472 e. The number of hydrogen-bond donors (Lipinski definition) is 11. The van der Waals surface area contributed by atoms with E-state index >= 15 is 0 Å².